The summed E-state index contributed by atoms with van der Waals surface area (Å²) >= 11 is 0. The Morgan fingerprint density at radius 2 is 2.06 bits per heavy atom. The van der Waals surface area contributed by atoms with Crippen LogP contribution in [0.2, 0.25) is 0 Å². The number of amides is 1. The number of carbonyl (C=O) groups excluding carboxylic acids is 2. The summed E-state index contributed by atoms with van der Waals surface area (Å²) in [6.45, 7) is 6.40. The minimum Gasteiger partial charge on any atom is -0.464 e. The summed E-state index contributed by atoms with van der Waals surface area (Å²) in [5, 5.41) is 17.1. The highest BCUT2D eigenvalue weighted by atomic mass is 16.5. The molecule has 36 heavy (non-hydrogen) atoms. The molecule has 9 heteroatoms. The van der Waals surface area contributed by atoms with Crippen molar-refractivity contribution < 1.29 is 24.2 Å². The van der Waals surface area contributed by atoms with Gasteiger partial charge in [0.05, 0.1) is 30.3 Å². The van der Waals surface area contributed by atoms with Crippen LogP contribution in [0.1, 0.15) is 56.1 Å². The molecule has 9 nitrogen and oxygen atoms in total. The third-order valence-corrected chi connectivity index (χ3v) is 6.15. The van der Waals surface area contributed by atoms with E-state index in [1.807, 2.05) is 43.3 Å². The van der Waals surface area contributed by atoms with E-state index in [0.717, 1.165) is 12.0 Å². The maximum absolute atomic E-state index is 13.0. The SMILES string of the molecule is COC(=O)c1c(NC(=O)[C@@H]2CCCO2)c2cc(N[C@@H](C)CC(C)(C)O)cnc2n1Cc1ccccc1. The van der Waals surface area contributed by atoms with Crippen molar-refractivity contribution in [3.8, 4) is 0 Å². The minimum absolute atomic E-state index is 0.0411. The Kier molecular flexibility index (Phi) is 7.61. The number of rotatable bonds is 9. The van der Waals surface area contributed by atoms with Crippen molar-refractivity contribution in [2.24, 2.45) is 0 Å². The Morgan fingerprint density at radius 3 is 2.69 bits per heavy atom. The lowest BCUT2D eigenvalue weighted by atomic mass is 10.0. The van der Waals surface area contributed by atoms with Crippen molar-refractivity contribution in [2.75, 3.05) is 24.4 Å². The number of methoxy groups -OCH3 is 1. The summed E-state index contributed by atoms with van der Waals surface area (Å²) in [7, 11) is 1.32. The number of aromatic nitrogens is 2. The molecule has 0 bridgehead atoms. The van der Waals surface area contributed by atoms with E-state index in [0.29, 0.717) is 48.4 Å². The molecule has 3 heterocycles. The lowest BCUT2D eigenvalue weighted by Gasteiger charge is -2.23. The largest absolute Gasteiger partial charge is 0.464 e. The van der Waals surface area contributed by atoms with E-state index in [-0.39, 0.29) is 17.6 Å². The number of carbonyl (C=O) groups is 2. The highest BCUT2D eigenvalue weighted by Gasteiger charge is 2.30. The van der Waals surface area contributed by atoms with Crippen LogP contribution < -0.4 is 10.6 Å². The normalized spacial score (nSPS) is 16.6. The molecule has 2 atom stereocenters. The van der Waals surface area contributed by atoms with Gasteiger partial charge in [0, 0.05) is 24.6 Å². The van der Waals surface area contributed by atoms with Crippen LogP contribution in [0, 0.1) is 0 Å². The number of ether oxygens (including phenoxy) is 2. The Morgan fingerprint density at radius 1 is 1.31 bits per heavy atom. The van der Waals surface area contributed by atoms with Crippen molar-refractivity contribution in [1.82, 2.24) is 9.55 Å². The maximum Gasteiger partial charge on any atom is 0.356 e. The Balaban J connectivity index is 1.81. The molecule has 0 unspecified atom stereocenters. The average molecular weight is 495 g/mol. The molecule has 0 spiro atoms. The van der Waals surface area contributed by atoms with Gasteiger partial charge in [0.15, 0.2) is 5.69 Å². The summed E-state index contributed by atoms with van der Waals surface area (Å²) in [4.78, 5) is 30.8. The molecular formula is C27H34N4O5. The van der Waals surface area contributed by atoms with Crippen LogP contribution in [0.4, 0.5) is 11.4 Å². The molecule has 1 aliphatic heterocycles. The summed E-state index contributed by atoms with van der Waals surface area (Å²) in [6, 6.07) is 11.5. The highest BCUT2D eigenvalue weighted by molar-refractivity contribution is 6.12. The van der Waals surface area contributed by atoms with Gasteiger partial charge in [-0.2, -0.15) is 0 Å². The van der Waals surface area contributed by atoms with Crippen molar-refractivity contribution in [3.05, 3.63) is 53.9 Å². The third kappa shape index (κ3) is 5.85. The number of nitrogens with zero attached hydrogens (tertiary/aromatic N) is 2. The number of nitrogens with one attached hydrogen (secondary N) is 2. The van der Waals surface area contributed by atoms with E-state index in [9.17, 15) is 14.7 Å². The molecule has 1 saturated heterocycles. The van der Waals surface area contributed by atoms with E-state index in [1.165, 1.54) is 7.11 Å². The standard InChI is InChI=1S/C27H34N4O5/c1-17(14-27(2,3)34)29-19-13-20-22(30-25(32)21-11-8-12-36-21)23(26(33)35-4)31(24(20)28-15-19)16-18-9-6-5-7-10-18/h5-7,9-10,13,15,17,21,29,34H,8,11-12,14,16H2,1-4H3,(H,30,32)/t17-,21-/m0/s1. The summed E-state index contributed by atoms with van der Waals surface area (Å²) in [6.07, 6.45) is 3.09. The number of aliphatic hydroxyl groups is 1. The van der Waals surface area contributed by atoms with Gasteiger partial charge >= 0.3 is 5.97 Å². The Hall–Kier alpha value is -3.43. The van der Waals surface area contributed by atoms with Crippen molar-refractivity contribution in [3.63, 3.8) is 0 Å². The number of hydrogen-bond donors (Lipinski definition) is 3. The predicted molar refractivity (Wildman–Crippen MR) is 138 cm³/mol. The van der Waals surface area contributed by atoms with Crippen molar-refractivity contribution in [1.29, 1.82) is 0 Å². The molecule has 3 aromatic rings. The molecular weight excluding hydrogens is 460 g/mol. The second-order valence-corrected chi connectivity index (χ2v) is 9.93. The number of hydrogen-bond acceptors (Lipinski definition) is 7. The first-order chi connectivity index (χ1) is 17.2. The Bertz CT molecular complexity index is 1230. The molecule has 2 aromatic heterocycles. The molecule has 1 aromatic carbocycles. The molecule has 192 valence electrons. The van der Waals surface area contributed by atoms with Gasteiger partial charge in [0.1, 0.15) is 11.8 Å². The minimum atomic E-state index is -0.832. The van der Waals surface area contributed by atoms with E-state index in [4.69, 9.17) is 9.47 Å². The quantitative estimate of drug-likeness (QED) is 0.386. The zero-order valence-corrected chi connectivity index (χ0v) is 21.2. The fourth-order valence-corrected chi connectivity index (χ4v) is 4.73. The number of benzene rings is 1. The third-order valence-electron chi connectivity index (χ3n) is 6.15. The van der Waals surface area contributed by atoms with Crippen LogP contribution in [0.25, 0.3) is 11.0 Å². The monoisotopic (exact) mass is 494 g/mol. The average Bonchev–Trinajstić information content (AvgIpc) is 3.46. The lowest BCUT2D eigenvalue weighted by Crippen LogP contribution is -2.29. The lowest BCUT2D eigenvalue weighted by molar-refractivity contribution is -0.124. The fraction of sp³-hybridized carbons (Fsp3) is 0.444. The smallest absolute Gasteiger partial charge is 0.356 e. The molecule has 0 saturated carbocycles. The number of fused-ring (bicyclic) bond motifs is 1. The second-order valence-electron chi connectivity index (χ2n) is 9.93. The number of esters is 1. The van der Waals surface area contributed by atoms with Gasteiger partial charge < -0.3 is 29.8 Å². The second kappa shape index (κ2) is 10.7. The molecule has 1 aliphatic rings. The van der Waals surface area contributed by atoms with Gasteiger partial charge in [-0.25, -0.2) is 9.78 Å². The van der Waals surface area contributed by atoms with Gasteiger partial charge in [-0.1, -0.05) is 30.3 Å². The summed E-state index contributed by atoms with van der Waals surface area (Å²) in [5.74, 6) is -0.873. The van der Waals surface area contributed by atoms with E-state index < -0.39 is 17.7 Å². The number of anilines is 2. The molecule has 4 rings (SSSR count). The maximum atomic E-state index is 13.0. The highest BCUT2D eigenvalue weighted by Crippen LogP contribution is 2.34. The van der Waals surface area contributed by atoms with Crippen LogP contribution in [-0.4, -0.2) is 58.0 Å². The Labute approximate surface area is 210 Å². The summed E-state index contributed by atoms with van der Waals surface area (Å²) in [5.41, 5.74) is 1.96. The zero-order valence-electron chi connectivity index (χ0n) is 21.2. The number of pyridine rings is 1. The molecule has 1 fully saturated rings. The van der Waals surface area contributed by atoms with Crippen molar-refractivity contribution in [2.45, 2.75) is 64.3 Å². The topological polar surface area (TPSA) is 115 Å². The summed E-state index contributed by atoms with van der Waals surface area (Å²) < 4.78 is 12.5. The fourth-order valence-electron chi connectivity index (χ4n) is 4.73. The van der Waals surface area contributed by atoms with Crippen LogP contribution >= 0.6 is 0 Å². The van der Waals surface area contributed by atoms with E-state index in [1.54, 1.807) is 24.6 Å². The van der Waals surface area contributed by atoms with Crippen LogP contribution in [-0.2, 0) is 20.8 Å². The molecule has 1 amide bonds. The predicted octanol–water partition coefficient (Wildman–Crippen LogP) is 3.95. The van der Waals surface area contributed by atoms with Crippen molar-refractivity contribution >= 4 is 34.3 Å². The van der Waals surface area contributed by atoms with Crippen LogP contribution in [0.3, 0.4) is 0 Å². The van der Waals surface area contributed by atoms with Crippen LogP contribution in [0.5, 0.6) is 0 Å². The van der Waals surface area contributed by atoms with Crippen LogP contribution in [0.15, 0.2) is 42.6 Å². The van der Waals surface area contributed by atoms with Gasteiger partial charge in [-0.15, -0.1) is 0 Å². The first-order valence-corrected chi connectivity index (χ1v) is 12.2. The van der Waals surface area contributed by atoms with Gasteiger partial charge in [-0.05, 0) is 51.7 Å². The van der Waals surface area contributed by atoms with Gasteiger partial charge in [0.25, 0.3) is 5.91 Å². The molecule has 0 radical (unpaired) electrons. The first kappa shape index (κ1) is 25.7. The molecule has 0 aliphatic carbocycles. The first-order valence-electron chi connectivity index (χ1n) is 12.2. The van der Waals surface area contributed by atoms with Gasteiger partial charge in [-0.3, -0.25) is 4.79 Å². The molecule has 3 N–H and O–H groups in total. The zero-order chi connectivity index (χ0) is 25.9. The van der Waals surface area contributed by atoms with E-state index >= 15 is 0 Å². The van der Waals surface area contributed by atoms with E-state index in [2.05, 4.69) is 15.6 Å². The van der Waals surface area contributed by atoms with Gasteiger partial charge in [0.2, 0.25) is 0 Å².